The van der Waals surface area contributed by atoms with Crippen molar-refractivity contribution in [3.63, 3.8) is 0 Å². The van der Waals surface area contributed by atoms with Gasteiger partial charge in [-0.2, -0.15) is 0 Å². The third-order valence-electron chi connectivity index (χ3n) is 5.28. The van der Waals surface area contributed by atoms with Crippen LogP contribution >= 0.6 is 24.8 Å². The first-order valence-electron chi connectivity index (χ1n) is 8.87. The van der Waals surface area contributed by atoms with E-state index in [1.54, 1.807) is 7.11 Å². The third-order valence-corrected chi connectivity index (χ3v) is 5.28. The largest absolute Gasteiger partial charge is 0.493 e. The van der Waals surface area contributed by atoms with E-state index in [2.05, 4.69) is 22.3 Å². The monoisotopic (exact) mass is 406 g/mol. The van der Waals surface area contributed by atoms with Gasteiger partial charge in [0.1, 0.15) is 0 Å². The van der Waals surface area contributed by atoms with Crippen molar-refractivity contribution in [1.82, 2.24) is 10.2 Å². The summed E-state index contributed by atoms with van der Waals surface area (Å²) in [6, 6.07) is 4.65. The van der Waals surface area contributed by atoms with Crippen LogP contribution in [0.4, 0.5) is 0 Å². The molecule has 4 rings (SSSR count). The summed E-state index contributed by atoms with van der Waals surface area (Å²) in [5.74, 6) is 2.90. The van der Waals surface area contributed by atoms with Gasteiger partial charge in [0.15, 0.2) is 11.5 Å². The first-order chi connectivity index (χ1) is 11.9. The number of halogens is 2. The van der Waals surface area contributed by atoms with E-state index < -0.39 is 0 Å². The van der Waals surface area contributed by atoms with Gasteiger partial charge in [-0.25, -0.2) is 0 Å². The van der Waals surface area contributed by atoms with Gasteiger partial charge < -0.3 is 24.3 Å². The lowest BCUT2D eigenvalue weighted by Gasteiger charge is -2.41. The number of methoxy groups -OCH3 is 1. The Morgan fingerprint density at radius 2 is 1.85 bits per heavy atom. The molecule has 6 nitrogen and oxygen atoms in total. The quantitative estimate of drug-likeness (QED) is 0.829. The summed E-state index contributed by atoms with van der Waals surface area (Å²) in [7, 11) is 1.69. The molecule has 3 aliphatic heterocycles. The van der Waals surface area contributed by atoms with Crippen molar-refractivity contribution < 1.29 is 18.9 Å². The maximum absolute atomic E-state index is 5.65. The lowest BCUT2D eigenvalue weighted by molar-refractivity contribution is 0.0212. The molecular weight excluding hydrogens is 379 g/mol. The number of rotatable bonds is 4. The second kappa shape index (κ2) is 9.85. The van der Waals surface area contributed by atoms with E-state index in [-0.39, 0.29) is 31.6 Å². The van der Waals surface area contributed by atoms with Crippen LogP contribution in [0.1, 0.15) is 24.4 Å². The summed E-state index contributed by atoms with van der Waals surface area (Å²) in [5.41, 5.74) is 1.27. The summed E-state index contributed by atoms with van der Waals surface area (Å²) in [5, 5.41) is 3.45. The van der Waals surface area contributed by atoms with Crippen LogP contribution in [0, 0.1) is 5.92 Å². The van der Waals surface area contributed by atoms with Crippen molar-refractivity contribution in [3.8, 4) is 17.2 Å². The molecule has 0 aliphatic carbocycles. The number of piperazine rings is 1. The fourth-order valence-electron chi connectivity index (χ4n) is 4.09. The maximum Gasteiger partial charge on any atom is 0.231 e. The summed E-state index contributed by atoms with van der Waals surface area (Å²) >= 11 is 0. The molecule has 1 aromatic rings. The van der Waals surface area contributed by atoms with E-state index in [9.17, 15) is 0 Å². The van der Waals surface area contributed by atoms with Gasteiger partial charge in [-0.05, 0) is 36.5 Å². The average molecular weight is 407 g/mol. The average Bonchev–Trinajstić information content (AvgIpc) is 3.12. The Hall–Kier alpha value is -0.920. The molecule has 8 heteroatoms. The van der Waals surface area contributed by atoms with Crippen LogP contribution in [0.3, 0.4) is 0 Å². The Kier molecular flexibility index (Phi) is 8.10. The minimum Gasteiger partial charge on any atom is -0.493 e. The number of nitrogens with one attached hydrogen (secondary N) is 1. The van der Waals surface area contributed by atoms with E-state index in [0.717, 1.165) is 69.5 Å². The molecule has 0 amide bonds. The zero-order valence-electron chi connectivity index (χ0n) is 15.1. The highest BCUT2D eigenvalue weighted by Gasteiger charge is 2.33. The van der Waals surface area contributed by atoms with Gasteiger partial charge in [0.2, 0.25) is 12.5 Å². The molecule has 1 N–H and O–H groups in total. The molecule has 0 spiro atoms. The van der Waals surface area contributed by atoms with Gasteiger partial charge in [-0.3, -0.25) is 4.90 Å². The van der Waals surface area contributed by atoms with Gasteiger partial charge >= 0.3 is 0 Å². The number of ether oxygens (including phenoxy) is 4. The van der Waals surface area contributed by atoms with Gasteiger partial charge in [0.25, 0.3) is 0 Å². The van der Waals surface area contributed by atoms with Crippen LogP contribution < -0.4 is 19.5 Å². The maximum atomic E-state index is 5.65. The van der Waals surface area contributed by atoms with E-state index in [1.165, 1.54) is 5.56 Å². The molecule has 0 radical (unpaired) electrons. The van der Waals surface area contributed by atoms with Crippen LogP contribution in [0.25, 0.3) is 0 Å². The molecule has 0 saturated carbocycles. The highest BCUT2D eigenvalue weighted by atomic mass is 35.5. The summed E-state index contributed by atoms with van der Waals surface area (Å²) in [6.07, 6.45) is 2.21. The number of fused-ring (bicyclic) bond motifs is 1. The lowest BCUT2D eigenvalue weighted by atomic mass is 9.85. The van der Waals surface area contributed by atoms with Crippen molar-refractivity contribution >= 4 is 24.8 Å². The molecule has 148 valence electrons. The Bertz CT molecular complexity index is 561. The van der Waals surface area contributed by atoms with Crippen LogP contribution in [0.2, 0.25) is 0 Å². The van der Waals surface area contributed by atoms with Crippen LogP contribution in [0.15, 0.2) is 12.1 Å². The molecule has 0 bridgehead atoms. The summed E-state index contributed by atoms with van der Waals surface area (Å²) < 4.78 is 22.4. The molecular formula is C18H28Cl2N2O4. The van der Waals surface area contributed by atoms with Gasteiger partial charge in [-0.1, -0.05) is 0 Å². The fourth-order valence-corrected chi connectivity index (χ4v) is 4.09. The van der Waals surface area contributed by atoms with E-state index in [0.29, 0.717) is 12.0 Å². The van der Waals surface area contributed by atoms with Crippen molar-refractivity contribution in [2.24, 2.45) is 5.92 Å². The molecule has 1 aromatic carbocycles. The number of hydrogen-bond donors (Lipinski definition) is 1. The normalized spacial score (nSPS) is 21.4. The smallest absolute Gasteiger partial charge is 0.231 e. The van der Waals surface area contributed by atoms with Crippen molar-refractivity contribution in [1.29, 1.82) is 0 Å². The van der Waals surface area contributed by atoms with Crippen LogP contribution in [0.5, 0.6) is 17.2 Å². The zero-order chi connectivity index (χ0) is 16.4. The summed E-state index contributed by atoms with van der Waals surface area (Å²) in [4.78, 5) is 2.60. The first-order valence-corrected chi connectivity index (χ1v) is 8.87. The molecule has 0 unspecified atom stereocenters. The SMILES string of the molecule is COc1cc([C@@H](C2CCOCC2)N2CCNCC2)cc2c1OCO2.Cl.Cl. The van der Waals surface area contributed by atoms with E-state index >= 15 is 0 Å². The molecule has 2 fully saturated rings. The highest BCUT2D eigenvalue weighted by Crippen LogP contribution is 2.46. The number of benzene rings is 1. The topological polar surface area (TPSA) is 52.2 Å². The third kappa shape index (κ3) is 4.31. The van der Waals surface area contributed by atoms with E-state index in [1.807, 2.05) is 0 Å². The van der Waals surface area contributed by atoms with Gasteiger partial charge in [0.05, 0.1) is 7.11 Å². The minimum absolute atomic E-state index is 0. The number of hydrogen-bond acceptors (Lipinski definition) is 6. The first kappa shape index (κ1) is 21.4. The predicted octanol–water partition coefficient (Wildman–Crippen LogP) is 2.64. The molecule has 0 aromatic heterocycles. The zero-order valence-corrected chi connectivity index (χ0v) is 16.7. The summed E-state index contributed by atoms with van der Waals surface area (Å²) in [6.45, 7) is 6.20. The Morgan fingerprint density at radius 1 is 1.12 bits per heavy atom. The molecule has 26 heavy (non-hydrogen) atoms. The van der Waals surface area contributed by atoms with Crippen molar-refractivity contribution in [3.05, 3.63) is 17.7 Å². The fraction of sp³-hybridized carbons (Fsp3) is 0.667. The predicted molar refractivity (Wildman–Crippen MR) is 104 cm³/mol. The molecule has 2 saturated heterocycles. The van der Waals surface area contributed by atoms with Crippen molar-refractivity contribution in [2.75, 3.05) is 53.3 Å². The molecule has 3 heterocycles. The number of nitrogens with zero attached hydrogens (tertiary/aromatic N) is 1. The molecule has 3 aliphatic rings. The van der Waals surface area contributed by atoms with Crippen LogP contribution in [-0.4, -0.2) is 58.2 Å². The van der Waals surface area contributed by atoms with Gasteiger partial charge in [-0.15, -0.1) is 24.8 Å². The highest BCUT2D eigenvalue weighted by molar-refractivity contribution is 5.85. The second-order valence-electron chi connectivity index (χ2n) is 6.64. The molecule has 1 atom stereocenters. The minimum atomic E-state index is 0. The Labute approximate surface area is 167 Å². The van der Waals surface area contributed by atoms with Crippen molar-refractivity contribution in [2.45, 2.75) is 18.9 Å². The van der Waals surface area contributed by atoms with Crippen LogP contribution in [-0.2, 0) is 4.74 Å². The lowest BCUT2D eigenvalue weighted by Crippen LogP contribution is -2.47. The standard InChI is InChI=1S/C18H26N2O4.2ClH/c1-21-15-10-14(11-16-18(15)24-12-23-16)17(13-2-8-22-9-3-13)20-6-4-19-5-7-20;;/h10-11,13,17,19H,2-9,12H2,1H3;2*1H/t17-;;/m1../s1. The Morgan fingerprint density at radius 3 is 2.54 bits per heavy atom. The van der Waals surface area contributed by atoms with Gasteiger partial charge in [0, 0.05) is 45.4 Å². The Balaban J connectivity index is 0.00000121. The van der Waals surface area contributed by atoms with E-state index in [4.69, 9.17) is 18.9 Å². The second-order valence-corrected chi connectivity index (χ2v) is 6.64.